The van der Waals surface area contributed by atoms with Crippen LogP contribution in [0, 0.1) is 6.92 Å². The maximum absolute atomic E-state index is 3.57. The molecule has 1 aliphatic heterocycles. The molecule has 1 fully saturated rings. The molecule has 3 nitrogen and oxygen atoms in total. The van der Waals surface area contributed by atoms with Gasteiger partial charge in [-0.05, 0) is 31.0 Å². The number of hydrogen-bond donors (Lipinski definition) is 1. The molecule has 1 aromatic heterocycles. The molecule has 0 bridgehead atoms. The minimum absolute atomic E-state index is 1.04. The molecule has 0 spiro atoms. The lowest BCUT2D eigenvalue weighted by Gasteiger charge is -2.31. The molecule has 96 valence electrons. The zero-order valence-corrected chi connectivity index (χ0v) is 11.2. The van der Waals surface area contributed by atoms with Crippen LogP contribution < -0.4 is 0 Å². The van der Waals surface area contributed by atoms with E-state index in [1.54, 1.807) is 0 Å². The number of hydrogen-bond acceptors (Lipinski definition) is 2. The van der Waals surface area contributed by atoms with Crippen molar-refractivity contribution in [3.63, 3.8) is 0 Å². The van der Waals surface area contributed by atoms with Gasteiger partial charge in [-0.15, -0.1) is 0 Å². The summed E-state index contributed by atoms with van der Waals surface area (Å²) in [5.41, 5.74) is 3.96. The van der Waals surface area contributed by atoms with Gasteiger partial charge < -0.3 is 9.88 Å². The van der Waals surface area contributed by atoms with Gasteiger partial charge in [-0.1, -0.05) is 18.2 Å². The van der Waals surface area contributed by atoms with Gasteiger partial charge in [-0.3, -0.25) is 4.90 Å². The summed E-state index contributed by atoms with van der Waals surface area (Å²) < 4.78 is 0. The van der Waals surface area contributed by atoms with Crippen LogP contribution in [0.4, 0.5) is 0 Å². The van der Waals surface area contributed by atoms with Crippen molar-refractivity contribution in [1.82, 2.24) is 14.8 Å². The maximum atomic E-state index is 3.57. The number of likely N-dealkylation sites (N-methyl/N-ethyl adjacent to an activating group) is 1. The highest BCUT2D eigenvalue weighted by atomic mass is 15.2. The Kier molecular flexibility index (Phi) is 3.10. The van der Waals surface area contributed by atoms with E-state index >= 15 is 0 Å². The van der Waals surface area contributed by atoms with Crippen LogP contribution in [0.5, 0.6) is 0 Å². The molecule has 0 unspecified atom stereocenters. The highest BCUT2D eigenvalue weighted by Crippen LogP contribution is 2.20. The topological polar surface area (TPSA) is 22.3 Å². The maximum Gasteiger partial charge on any atom is 0.0486 e. The van der Waals surface area contributed by atoms with Crippen molar-refractivity contribution in [1.29, 1.82) is 0 Å². The van der Waals surface area contributed by atoms with Gasteiger partial charge in [0.15, 0.2) is 0 Å². The van der Waals surface area contributed by atoms with Crippen LogP contribution in [0.3, 0.4) is 0 Å². The Morgan fingerprint density at radius 3 is 2.67 bits per heavy atom. The van der Waals surface area contributed by atoms with Crippen LogP contribution in [0.15, 0.2) is 24.3 Å². The van der Waals surface area contributed by atoms with Gasteiger partial charge in [0.05, 0.1) is 0 Å². The second-order valence-electron chi connectivity index (χ2n) is 5.41. The highest BCUT2D eigenvalue weighted by Gasteiger charge is 2.14. The molecule has 1 aromatic carbocycles. The van der Waals surface area contributed by atoms with Gasteiger partial charge in [-0.25, -0.2) is 0 Å². The zero-order valence-electron chi connectivity index (χ0n) is 11.2. The summed E-state index contributed by atoms with van der Waals surface area (Å²) >= 11 is 0. The average Bonchev–Trinajstić information content (AvgIpc) is 2.76. The van der Waals surface area contributed by atoms with E-state index < -0.39 is 0 Å². The number of fused-ring (bicyclic) bond motifs is 1. The van der Waals surface area contributed by atoms with E-state index in [-0.39, 0.29) is 0 Å². The molecule has 18 heavy (non-hydrogen) atoms. The molecular formula is C15H21N3. The molecule has 0 aliphatic carbocycles. The summed E-state index contributed by atoms with van der Waals surface area (Å²) in [7, 11) is 2.20. The largest absolute Gasteiger partial charge is 0.357 e. The van der Waals surface area contributed by atoms with E-state index in [2.05, 4.69) is 53.0 Å². The number of piperazine rings is 1. The monoisotopic (exact) mass is 243 g/mol. The third-order valence-corrected chi connectivity index (χ3v) is 3.91. The predicted octanol–water partition coefficient (Wildman–Crippen LogP) is 2.22. The number of H-pyrrole nitrogens is 1. The highest BCUT2D eigenvalue weighted by molar-refractivity contribution is 5.83. The first kappa shape index (κ1) is 11.8. The SMILES string of the molecule is Cc1cccc2cc(CN3CCN(C)CC3)[nH]c12. The number of benzene rings is 1. The molecule has 0 atom stereocenters. The number of aromatic amines is 1. The van der Waals surface area contributed by atoms with Crippen molar-refractivity contribution in [2.45, 2.75) is 13.5 Å². The van der Waals surface area contributed by atoms with E-state index in [0.29, 0.717) is 0 Å². The Labute approximate surface area is 108 Å². The van der Waals surface area contributed by atoms with Gasteiger partial charge in [-0.2, -0.15) is 0 Å². The summed E-state index contributed by atoms with van der Waals surface area (Å²) in [5.74, 6) is 0. The first-order chi connectivity index (χ1) is 8.72. The molecule has 2 heterocycles. The van der Waals surface area contributed by atoms with E-state index in [1.807, 2.05) is 0 Å². The Morgan fingerprint density at radius 2 is 1.94 bits per heavy atom. The Morgan fingerprint density at radius 1 is 1.17 bits per heavy atom. The second-order valence-corrected chi connectivity index (χ2v) is 5.41. The number of aryl methyl sites for hydroxylation is 1. The van der Waals surface area contributed by atoms with E-state index in [1.165, 1.54) is 48.3 Å². The van der Waals surface area contributed by atoms with Crippen molar-refractivity contribution < 1.29 is 0 Å². The molecule has 1 N–H and O–H groups in total. The van der Waals surface area contributed by atoms with Gasteiger partial charge in [0.25, 0.3) is 0 Å². The fourth-order valence-electron chi connectivity index (χ4n) is 2.70. The fraction of sp³-hybridized carbons (Fsp3) is 0.467. The summed E-state index contributed by atoms with van der Waals surface area (Å²) in [6.07, 6.45) is 0. The lowest BCUT2D eigenvalue weighted by molar-refractivity contribution is 0.147. The van der Waals surface area contributed by atoms with Gasteiger partial charge in [0.1, 0.15) is 0 Å². The smallest absolute Gasteiger partial charge is 0.0486 e. The number of aromatic nitrogens is 1. The first-order valence-corrected chi connectivity index (χ1v) is 6.70. The lowest BCUT2D eigenvalue weighted by atomic mass is 10.2. The molecule has 1 saturated heterocycles. The van der Waals surface area contributed by atoms with Crippen molar-refractivity contribution in [2.75, 3.05) is 33.2 Å². The van der Waals surface area contributed by atoms with Crippen molar-refractivity contribution in [3.8, 4) is 0 Å². The lowest BCUT2D eigenvalue weighted by Crippen LogP contribution is -2.43. The van der Waals surface area contributed by atoms with Crippen LogP contribution in [0.2, 0.25) is 0 Å². The number of rotatable bonds is 2. The minimum atomic E-state index is 1.04. The zero-order chi connectivity index (χ0) is 12.5. The van der Waals surface area contributed by atoms with Crippen LogP contribution in [0.1, 0.15) is 11.3 Å². The molecule has 0 saturated carbocycles. The molecule has 0 amide bonds. The molecule has 3 rings (SSSR count). The second kappa shape index (κ2) is 4.75. The average molecular weight is 243 g/mol. The van der Waals surface area contributed by atoms with E-state index in [9.17, 15) is 0 Å². The number of nitrogens with zero attached hydrogens (tertiary/aromatic N) is 2. The third kappa shape index (κ3) is 2.28. The first-order valence-electron chi connectivity index (χ1n) is 6.70. The predicted molar refractivity (Wildman–Crippen MR) is 75.8 cm³/mol. The van der Waals surface area contributed by atoms with Crippen molar-refractivity contribution in [2.24, 2.45) is 0 Å². The normalized spacial score (nSPS) is 18.6. The van der Waals surface area contributed by atoms with Gasteiger partial charge in [0.2, 0.25) is 0 Å². The quantitative estimate of drug-likeness (QED) is 0.874. The number of para-hydroxylation sites is 1. The van der Waals surface area contributed by atoms with Crippen LogP contribution in [0.25, 0.3) is 10.9 Å². The standard InChI is InChI=1S/C15H21N3/c1-12-4-3-5-13-10-14(16-15(12)13)11-18-8-6-17(2)7-9-18/h3-5,10,16H,6-9,11H2,1-2H3. The third-order valence-electron chi connectivity index (χ3n) is 3.91. The molecular weight excluding hydrogens is 222 g/mol. The Hall–Kier alpha value is -1.32. The van der Waals surface area contributed by atoms with Crippen LogP contribution in [-0.4, -0.2) is 48.0 Å². The minimum Gasteiger partial charge on any atom is -0.357 e. The summed E-state index contributed by atoms with van der Waals surface area (Å²) in [6, 6.07) is 8.77. The fourth-order valence-corrected chi connectivity index (χ4v) is 2.70. The van der Waals surface area contributed by atoms with Crippen molar-refractivity contribution in [3.05, 3.63) is 35.5 Å². The molecule has 0 radical (unpaired) electrons. The Balaban J connectivity index is 1.77. The molecule has 1 aliphatic rings. The molecule has 2 aromatic rings. The summed E-state index contributed by atoms with van der Waals surface area (Å²) in [5, 5.41) is 1.33. The van der Waals surface area contributed by atoms with E-state index in [0.717, 1.165) is 6.54 Å². The Bertz CT molecular complexity index is 536. The summed E-state index contributed by atoms with van der Waals surface area (Å²) in [6.45, 7) is 7.91. The van der Waals surface area contributed by atoms with Crippen LogP contribution >= 0.6 is 0 Å². The van der Waals surface area contributed by atoms with E-state index in [4.69, 9.17) is 0 Å². The van der Waals surface area contributed by atoms with Gasteiger partial charge >= 0.3 is 0 Å². The van der Waals surface area contributed by atoms with Gasteiger partial charge in [0, 0.05) is 43.9 Å². The van der Waals surface area contributed by atoms with Crippen molar-refractivity contribution >= 4 is 10.9 Å². The van der Waals surface area contributed by atoms with Crippen LogP contribution in [-0.2, 0) is 6.54 Å². The summed E-state index contributed by atoms with van der Waals surface area (Å²) in [4.78, 5) is 8.49. The molecule has 3 heteroatoms. The number of nitrogens with one attached hydrogen (secondary N) is 1.